The van der Waals surface area contributed by atoms with Gasteiger partial charge in [0.1, 0.15) is 0 Å². The van der Waals surface area contributed by atoms with E-state index in [2.05, 4.69) is 15.0 Å². The second kappa shape index (κ2) is 6.17. The molecule has 0 aromatic heterocycles. The number of sulfonamides is 1. The van der Waals surface area contributed by atoms with E-state index >= 15 is 0 Å². The smallest absolute Gasteiger partial charge is 0.322 e. The Morgan fingerprint density at radius 1 is 1.32 bits per heavy atom. The van der Waals surface area contributed by atoms with Gasteiger partial charge >= 0.3 is 5.97 Å². The molecule has 19 heavy (non-hydrogen) atoms. The summed E-state index contributed by atoms with van der Waals surface area (Å²) in [6.45, 7) is 6.65. The molecule has 110 valence electrons. The van der Waals surface area contributed by atoms with Gasteiger partial charge in [0.25, 0.3) is 0 Å². The highest BCUT2D eigenvalue weighted by atomic mass is 32.2. The largest absolute Gasteiger partial charge is 0.465 e. The van der Waals surface area contributed by atoms with Gasteiger partial charge in [0.2, 0.25) is 10.0 Å². The molecule has 0 radical (unpaired) electrons. The van der Waals surface area contributed by atoms with E-state index in [9.17, 15) is 13.2 Å². The minimum Gasteiger partial charge on any atom is -0.465 e. The monoisotopic (exact) mass is 291 g/mol. The van der Waals surface area contributed by atoms with Crippen molar-refractivity contribution >= 4 is 16.0 Å². The lowest BCUT2D eigenvalue weighted by Crippen LogP contribution is -2.64. The molecule has 0 amide bonds. The number of carbonyl (C=O) groups excluding carboxylic acids is 1. The quantitative estimate of drug-likeness (QED) is 0.619. The van der Waals surface area contributed by atoms with Gasteiger partial charge < -0.3 is 10.1 Å². The molecule has 0 atom stereocenters. The molecule has 1 N–H and O–H groups in total. The summed E-state index contributed by atoms with van der Waals surface area (Å²) < 4.78 is 29.9. The van der Waals surface area contributed by atoms with Gasteiger partial charge in [-0.05, 0) is 6.92 Å². The highest BCUT2D eigenvalue weighted by Crippen LogP contribution is 2.19. The maximum atomic E-state index is 11.9. The highest BCUT2D eigenvalue weighted by molar-refractivity contribution is 7.89. The van der Waals surface area contributed by atoms with Crippen LogP contribution in [0.15, 0.2) is 0 Å². The molecule has 0 aromatic rings. The van der Waals surface area contributed by atoms with Crippen LogP contribution in [-0.2, 0) is 19.6 Å². The Bertz CT molecular complexity index is 414. The Kier molecular flexibility index (Phi) is 4.77. The van der Waals surface area contributed by atoms with Crippen LogP contribution in [0.1, 0.15) is 6.92 Å². The van der Waals surface area contributed by atoms with Gasteiger partial charge in [-0.15, -0.1) is 0 Å². The number of esters is 1. The molecule has 2 rings (SSSR count). The average Bonchev–Trinajstić information content (AvgIpc) is 2.27. The van der Waals surface area contributed by atoms with Crippen molar-refractivity contribution < 1.29 is 17.9 Å². The van der Waals surface area contributed by atoms with E-state index in [1.54, 1.807) is 6.92 Å². The van der Waals surface area contributed by atoms with Gasteiger partial charge in [0, 0.05) is 45.3 Å². The SMILES string of the molecule is CCOC(=O)CS(=O)(=O)N1CC(N2CCNCC2)C1. The molecule has 2 aliphatic rings. The minimum atomic E-state index is -3.50. The van der Waals surface area contributed by atoms with Gasteiger partial charge in [-0.25, -0.2) is 8.42 Å². The van der Waals surface area contributed by atoms with Crippen LogP contribution in [0.4, 0.5) is 0 Å². The van der Waals surface area contributed by atoms with Crippen molar-refractivity contribution in [2.24, 2.45) is 0 Å². The molecule has 0 aliphatic carbocycles. The predicted molar refractivity (Wildman–Crippen MR) is 70.2 cm³/mol. The first-order valence-corrected chi connectivity index (χ1v) is 8.22. The first kappa shape index (κ1) is 14.7. The minimum absolute atomic E-state index is 0.206. The van der Waals surface area contributed by atoms with Crippen LogP contribution >= 0.6 is 0 Å². The molecule has 0 saturated carbocycles. The molecule has 2 heterocycles. The van der Waals surface area contributed by atoms with Crippen molar-refractivity contribution in [1.29, 1.82) is 0 Å². The zero-order valence-corrected chi connectivity index (χ0v) is 12.0. The lowest BCUT2D eigenvalue weighted by molar-refractivity contribution is -0.140. The maximum Gasteiger partial charge on any atom is 0.322 e. The summed E-state index contributed by atoms with van der Waals surface area (Å²) in [4.78, 5) is 13.5. The van der Waals surface area contributed by atoms with Crippen LogP contribution in [0.3, 0.4) is 0 Å². The molecular weight excluding hydrogens is 270 g/mol. The van der Waals surface area contributed by atoms with Crippen LogP contribution in [0.25, 0.3) is 0 Å². The fraction of sp³-hybridized carbons (Fsp3) is 0.909. The number of hydrogen-bond acceptors (Lipinski definition) is 6. The van der Waals surface area contributed by atoms with Crippen LogP contribution in [0, 0.1) is 0 Å². The van der Waals surface area contributed by atoms with E-state index in [-0.39, 0.29) is 6.61 Å². The van der Waals surface area contributed by atoms with Crippen molar-refractivity contribution in [2.45, 2.75) is 13.0 Å². The second-order valence-corrected chi connectivity index (χ2v) is 6.79. The highest BCUT2D eigenvalue weighted by Gasteiger charge is 2.40. The van der Waals surface area contributed by atoms with E-state index in [1.807, 2.05) is 0 Å². The topological polar surface area (TPSA) is 79.0 Å². The molecule has 8 heteroatoms. The molecular formula is C11H21N3O4S. The summed E-state index contributed by atoms with van der Waals surface area (Å²) in [5.41, 5.74) is 0. The molecule has 2 aliphatic heterocycles. The van der Waals surface area contributed by atoms with Gasteiger partial charge in [0.05, 0.1) is 6.61 Å². The Morgan fingerprint density at radius 3 is 2.53 bits per heavy atom. The van der Waals surface area contributed by atoms with E-state index in [0.29, 0.717) is 19.1 Å². The number of carbonyl (C=O) groups is 1. The van der Waals surface area contributed by atoms with Gasteiger partial charge in [-0.2, -0.15) is 4.31 Å². The fourth-order valence-electron chi connectivity index (χ4n) is 2.36. The zero-order chi connectivity index (χ0) is 13.9. The summed E-state index contributed by atoms with van der Waals surface area (Å²) >= 11 is 0. The number of piperazine rings is 1. The first-order valence-electron chi connectivity index (χ1n) is 6.61. The summed E-state index contributed by atoms with van der Waals surface area (Å²) in [6.07, 6.45) is 0. The Balaban J connectivity index is 1.80. The van der Waals surface area contributed by atoms with Gasteiger partial charge in [0.15, 0.2) is 5.75 Å². The lowest BCUT2D eigenvalue weighted by atomic mass is 10.1. The van der Waals surface area contributed by atoms with Crippen molar-refractivity contribution in [3.05, 3.63) is 0 Å². The number of hydrogen-bond donors (Lipinski definition) is 1. The van der Waals surface area contributed by atoms with Crippen LogP contribution in [0.2, 0.25) is 0 Å². The summed E-state index contributed by atoms with van der Waals surface area (Å²) in [6, 6.07) is 0.291. The molecule has 0 aromatic carbocycles. The summed E-state index contributed by atoms with van der Waals surface area (Å²) in [5.74, 6) is -1.22. The zero-order valence-electron chi connectivity index (χ0n) is 11.2. The third kappa shape index (κ3) is 3.65. The van der Waals surface area contributed by atoms with E-state index in [0.717, 1.165) is 26.2 Å². The van der Waals surface area contributed by atoms with Crippen LogP contribution in [0.5, 0.6) is 0 Å². The molecule has 0 spiro atoms. The van der Waals surface area contributed by atoms with Gasteiger partial charge in [-0.3, -0.25) is 9.69 Å². The van der Waals surface area contributed by atoms with Crippen molar-refractivity contribution in [1.82, 2.24) is 14.5 Å². The third-order valence-corrected chi connectivity index (χ3v) is 5.18. The second-order valence-electron chi connectivity index (χ2n) is 4.82. The average molecular weight is 291 g/mol. The summed E-state index contributed by atoms with van der Waals surface area (Å²) in [5, 5.41) is 3.26. The maximum absolute atomic E-state index is 11.9. The van der Waals surface area contributed by atoms with Crippen molar-refractivity contribution in [3.63, 3.8) is 0 Å². The number of nitrogens with one attached hydrogen (secondary N) is 1. The fourth-order valence-corrected chi connectivity index (χ4v) is 3.73. The first-order chi connectivity index (χ1) is 9.03. The normalized spacial score (nSPS) is 23.0. The predicted octanol–water partition coefficient (Wildman–Crippen LogP) is -1.53. The van der Waals surface area contributed by atoms with Crippen LogP contribution < -0.4 is 5.32 Å². The standard InChI is InChI=1S/C11H21N3O4S/c1-2-18-11(15)9-19(16,17)14-7-10(8-14)13-5-3-12-4-6-13/h10,12H,2-9H2,1H3. The van der Waals surface area contributed by atoms with E-state index in [1.165, 1.54) is 4.31 Å². The Hall–Kier alpha value is -0.700. The summed E-state index contributed by atoms with van der Waals surface area (Å²) in [7, 11) is -3.50. The van der Waals surface area contributed by atoms with Gasteiger partial charge in [-0.1, -0.05) is 0 Å². The molecule has 0 unspecified atom stereocenters. The molecule has 2 saturated heterocycles. The Morgan fingerprint density at radius 2 is 1.95 bits per heavy atom. The number of rotatable bonds is 5. The van der Waals surface area contributed by atoms with Crippen LogP contribution in [-0.4, -0.2) is 81.3 Å². The van der Waals surface area contributed by atoms with E-state index < -0.39 is 21.7 Å². The third-order valence-electron chi connectivity index (χ3n) is 3.50. The van der Waals surface area contributed by atoms with Crippen molar-refractivity contribution in [3.8, 4) is 0 Å². The van der Waals surface area contributed by atoms with E-state index in [4.69, 9.17) is 0 Å². The molecule has 2 fully saturated rings. The number of nitrogens with zero attached hydrogens (tertiary/aromatic N) is 2. The molecule has 7 nitrogen and oxygen atoms in total. The molecule has 0 bridgehead atoms. The number of ether oxygens (including phenoxy) is 1. The van der Waals surface area contributed by atoms with Crippen molar-refractivity contribution in [2.75, 3.05) is 51.6 Å². The Labute approximate surface area is 113 Å². The lowest BCUT2D eigenvalue weighted by Gasteiger charge is -2.45.